The largest absolute Gasteiger partial charge is 0.478 e. The molecule has 1 saturated carbocycles. The number of carboxylic acids is 1. The molecular weight excluding hydrogens is 539 g/mol. The monoisotopic (exact) mass is 563 g/mol. The quantitative estimate of drug-likeness (QED) is 0.316. The normalized spacial score (nSPS) is 15.6. The lowest BCUT2D eigenvalue weighted by Crippen LogP contribution is -2.35. The van der Waals surface area contributed by atoms with E-state index in [0.717, 1.165) is 32.0 Å². The van der Waals surface area contributed by atoms with Gasteiger partial charge in [-0.1, -0.05) is 0 Å². The molecule has 0 spiro atoms. The van der Waals surface area contributed by atoms with Crippen molar-refractivity contribution < 1.29 is 18.7 Å². The molecule has 6 rings (SSSR count). The average Bonchev–Trinajstić information content (AvgIpc) is 3.69. The molecule has 1 aromatic carbocycles. The highest BCUT2D eigenvalue weighted by Crippen LogP contribution is 2.39. The SMILES string of the molecule is Cl.Cl.O=C(O)c1ccc(Nc2ncnc3c2c(F)cn3C2CCN(c3ncc(C4CC4)cn3)CC2)c(F)c1. The van der Waals surface area contributed by atoms with Gasteiger partial charge in [0.05, 0.1) is 16.6 Å². The summed E-state index contributed by atoms with van der Waals surface area (Å²) in [6.07, 6.45) is 10.5. The van der Waals surface area contributed by atoms with Crippen molar-refractivity contribution in [1.29, 1.82) is 0 Å². The standard InChI is InChI=1S/C25H23F2N7O2.2ClH/c26-18-9-15(24(35)36)3-4-20(18)32-22-21-19(27)12-34(23(21)31-13-30-22)17-5-7-33(8-6-17)25-28-10-16(11-29-25)14-1-2-14;;/h3-4,9-14,17H,1-2,5-8H2,(H,35,36)(H,30,31,32);2*1H. The number of rotatable bonds is 6. The number of hydrogen-bond donors (Lipinski definition) is 2. The van der Waals surface area contributed by atoms with Gasteiger partial charge in [0.25, 0.3) is 0 Å². The van der Waals surface area contributed by atoms with Crippen molar-refractivity contribution in [3.63, 3.8) is 0 Å². The Bertz CT molecular complexity index is 1460. The highest BCUT2D eigenvalue weighted by molar-refractivity contribution is 5.91. The summed E-state index contributed by atoms with van der Waals surface area (Å²) in [4.78, 5) is 30.7. The molecule has 9 nitrogen and oxygen atoms in total. The highest BCUT2D eigenvalue weighted by atomic mass is 35.5. The molecule has 2 fully saturated rings. The number of carbonyl (C=O) groups is 1. The minimum Gasteiger partial charge on any atom is -0.478 e. The van der Waals surface area contributed by atoms with Gasteiger partial charge in [-0.05, 0) is 55.4 Å². The van der Waals surface area contributed by atoms with Gasteiger partial charge in [-0.2, -0.15) is 0 Å². The minimum atomic E-state index is -1.24. The fourth-order valence-corrected chi connectivity index (χ4v) is 4.76. The summed E-state index contributed by atoms with van der Waals surface area (Å²) < 4.78 is 31.4. The fraction of sp³-hybridized carbons (Fsp3) is 0.320. The molecule has 38 heavy (non-hydrogen) atoms. The molecular formula is C25H25Cl2F2N7O2. The summed E-state index contributed by atoms with van der Waals surface area (Å²) in [5, 5.41) is 12.0. The molecule has 1 saturated heterocycles. The topological polar surface area (TPSA) is 109 Å². The van der Waals surface area contributed by atoms with E-state index in [4.69, 9.17) is 5.11 Å². The summed E-state index contributed by atoms with van der Waals surface area (Å²) in [6, 6.07) is 3.48. The van der Waals surface area contributed by atoms with Crippen LogP contribution in [0.1, 0.15) is 53.6 Å². The molecule has 2 N–H and O–H groups in total. The zero-order chi connectivity index (χ0) is 24.8. The van der Waals surface area contributed by atoms with E-state index >= 15 is 4.39 Å². The van der Waals surface area contributed by atoms with Crippen LogP contribution in [0.2, 0.25) is 0 Å². The van der Waals surface area contributed by atoms with E-state index in [2.05, 4.69) is 30.2 Å². The predicted molar refractivity (Wildman–Crippen MR) is 143 cm³/mol. The van der Waals surface area contributed by atoms with Crippen molar-refractivity contribution in [3.8, 4) is 0 Å². The first kappa shape index (κ1) is 27.5. The van der Waals surface area contributed by atoms with Crippen LogP contribution in [0.15, 0.2) is 43.1 Å². The molecule has 0 radical (unpaired) electrons. The third-order valence-corrected chi connectivity index (χ3v) is 6.88. The van der Waals surface area contributed by atoms with Gasteiger partial charge in [0, 0.05) is 37.7 Å². The summed E-state index contributed by atoms with van der Waals surface area (Å²) in [7, 11) is 0. The van der Waals surface area contributed by atoms with Gasteiger partial charge in [0.2, 0.25) is 5.95 Å². The maximum Gasteiger partial charge on any atom is 0.335 e. The van der Waals surface area contributed by atoms with Gasteiger partial charge in [-0.15, -0.1) is 24.8 Å². The van der Waals surface area contributed by atoms with Crippen molar-refractivity contribution in [3.05, 3.63) is 65.9 Å². The Kier molecular flexibility index (Phi) is 7.98. The first-order valence-electron chi connectivity index (χ1n) is 11.9. The van der Waals surface area contributed by atoms with Gasteiger partial charge < -0.3 is 19.9 Å². The molecule has 1 aliphatic carbocycles. The molecule has 4 heterocycles. The number of aromatic nitrogens is 5. The lowest BCUT2D eigenvalue weighted by Gasteiger charge is -2.32. The summed E-state index contributed by atoms with van der Waals surface area (Å²) in [6.45, 7) is 1.46. The Morgan fingerprint density at radius 1 is 0.974 bits per heavy atom. The predicted octanol–water partition coefficient (Wildman–Crippen LogP) is 5.50. The van der Waals surface area contributed by atoms with E-state index in [1.807, 2.05) is 17.0 Å². The lowest BCUT2D eigenvalue weighted by atomic mass is 10.1. The van der Waals surface area contributed by atoms with Crippen molar-refractivity contribution in [2.75, 3.05) is 23.3 Å². The number of nitrogens with one attached hydrogen (secondary N) is 1. The highest BCUT2D eigenvalue weighted by Gasteiger charge is 2.27. The fourth-order valence-electron chi connectivity index (χ4n) is 4.76. The molecule has 0 atom stereocenters. The van der Waals surface area contributed by atoms with Crippen molar-refractivity contribution in [2.45, 2.75) is 37.6 Å². The first-order chi connectivity index (χ1) is 17.5. The minimum absolute atomic E-state index is 0. The van der Waals surface area contributed by atoms with Crippen LogP contribution in [0.5, 0.6) is 0 Å². The Balaban J connectivity index is 0.00000168. The van der Waals surface area contributed by atoms with E-state index in [1.54, 1.807) is 0 Å². The molecule has 3 aromatic heterocycles. The third kappa shape index (κ3) is 5.21. The smallest absolute Gasteiger partial charge is 0.335 e. The van der Waals surface area contributed by atoms with E-state index in [0.29, 0.717) is 17.5 Å². The molecule has 0 bridgehead atoms. The van der Waals surface area contributed by atoms with Crippen molar-refractivity contribution >= 4 is 59.3 Å². The van der Waals surface area contributed by atoms with Gasteiger partial charge in [0.1, 0.15) is 23.6 Å². The van der Waals surface area contributed by atoms with Gasteiger partial charge in [0.15, 0.2) is 5.82 Å². The van der Waals surface area contributed by atoms with Crippen LogP contribution in [0, 0.1) is 11.6 Å². The molecule has 200 valence electrons. The number of aromatic carboxylic acids is 1. The van der Waals surface area contributed by atoms with Gasteiger partial charge in [-0.25, -0.2) is 33.5 Å². The van der Waals surface area contributed by atoms with E-state index < -0.39 is 17.6 Å². The van der Waals surface area contributed by atoms with Crippen LogP contribution in [0.4, 0.5) is 26.2 Å². The van der Waals surface area contributed by atoms with Crippen LogP contribution in [0.25, 0.3) is 11.0 Å². The number of hydrogen-bond acceptors (Lipinski definition) is 7. The van der Waals surface area contributed by atoms with E-state index in [-0.39, 0.29) is 53.3 Å². The second-order valence-electron chi connectivity index (χ2n) is 9.24. The maximum atomic E-state index is 15.1. The molecule has 0 amide bonds. The number of benzene rings is 1. The van der Waals surface area contributed by atoms with Crippen LogP contribution >= 0.6 is 24.8 Å². The average molecular weight is 564 g/mol. The van der Waals surface area contributed by atoms with Crippen molar-refractivity contribution in [1.82, 2.24) is 24.5 Å². The number of nitrogens with zero attached hydrogens (tertiary/aromatic N) is 6. The Labute approximate surface area is 229 Å². The Morgan fingerprint density at radius 3 is 2.32 bits per heavy atom. The molecule has 2 aliphatic rings. The number of anilines is 3. The van der Waals surface area contributed by atoms with Crippen molar-refractivity contribution in [2.24, 2.45) is 0 Å². The number of piperidine rings is 1. The molecule has 0 unspecified atom stereocenters. The number of carboxylic acid groups (broad SMARTS) is 1. The van der Waals surface area contributed by atoms with Crippen LogP contribution in [0.3, 0.4) is 0 Å². The Hall–Kier alpha value is -3.57. The zero-order valence-corrected chi connectivity index (χ0v) is 21.7. The van der Waals surface area contributed by atoms with Crippen LogP contribution in [-0.2, 0) is 0 Å². The summed E-state index contributed by atoms with van der Waals surface area (Å²) >= 11 is 0. The molecule has 1 aliphatic heterocycles. The second-order valence-corrected chi connectivity index (χ2v) is 9.24. The lowest BCUT2D eigenvalue weighted by molar-refractivity contribution is 0.0696. The second kappa shape index (κ2) is 11.0. The zero-order valence-electron chi connectivity index (χ0n) is 20.0. The third-order valence-electron chi connectivity index (χ3n) is 6.88. The number of fused-ring (bicyclic) bond motifs is 1. The number of halogens is 4. The maximum absolute atomic E-state index is 15.1. The molecule has 13 heteroatoms. The Morgan fingerprint density at radius 2 is 1.68 bits per heavy atom. The van der Waals surface area contributed by atoms with E-state index in [9.17, 15) is 9.18 Å². The van der Waals surface area contributed by atoms with Gasteiger partial charge >= 0.3 is 5.97 Å². The van der Waals surface area contributed by atoms with Crippen LogP contribution in [-0.4, -0.2) is 48.7 Å². The van der Waals surface area contributed by atoms with E-state index in [1.165, 1.54) is 43.1 Å². The van der Waals surface area contributed by atoms with Gasteiger partial charge in [-0.3, -0.25) is 0 Å². The first-order valence-corrected chi connectivity index (χ1v) is 11.9. The molecule has 4 aromatic rings. The summed E-state index contributed by atoms with van der Waals surface area (Å²) in [5.74, 6) is -1.09. The van der Waals surface area contributed by atoms with Crippen LogP contribution < -0.4 is 10.2 Å². The summed E-state index contributed by atoms with van der Waals surface area (Å²) in [5.41, 5.74) is 1.42.